The molecule has 5 heteroatoms. The lowest BCUT2D eigenvalue weighted by molar-refractivity contribution is -0.122. The van der Waals surface area contributed by atoms with Crippen LogP contribution in [0.3, 0.4) is 0 Å². The molecule has 0 fully saturated rings. The molecule has 0 radical (unpaired) electrons. The van der Waals surface area contributed by atoms with E-state index in [1.165, 1.54) is 5.56 Å². The fraction of sp³-hybridized carbons (Fsp3) is 0.500. The zero-order valence-corrected chi connectivity index (χ0v) is 11.2. The number of hydrazine groups is 1. The van der Waals surface area contributed by atoms with E-state index in [1.807, 2.05) is 12.1 Å². The first-order valence-electron chi connectivity index (χ1n) is 6.63. The number of fused-ring (bicyclic) bond motifs is 1. The Morgan fingerprint density at radius 2 is 2.00 bits per heavy atom. The van der Waals surface area contributed by atoms with E-state index < -0.39 is 0 Å². The number of carbonyl (C=O) groups is 1. The van der Waals surface area contributed by atoms with Crippen LogP contribution < -0.4 is 20.3 Å². The number of hydrogen-bond donors (Lipinski definition) is 2. The second-order valence-electron chi connectivity index (χ2n) is 4.48. The maximum Gasteiger partial charge on any atom is 0.234 e. The molecule has 0 unspecified atom stereocenters. The molecule has 0 atom stereocenters. The second kappa shape index (κ2) is 6.99. The maximum absolute atomic E-state index is 11.2. The lowest BCUT2D eigenvalue weighted by atomic mass is 10.1. The average molecular weight is 264 g/mol. The Labute approximate surface area is 113 Å². The molecule has 2 N–H and O–H groups in total. The lowest BCUT2D eigenvalue weighted by Gasteiger charge is -2.18. The molecule has 1 amide bonds. The molecule has 104 valence electrons. The van der Waals surface area contributed by atoms with E-state index in [4.69, 9.17) is 9.47 Å². The molecule has 2 rings (SSSR count). The predicted molar refractivity (Wildman–Crippen MR) is 72.2 cm³/mol. The molecular weight excluding hydrogens is 244 g/mol. The van der Waals surface area contributed by atoms with Crippen LogP contribution in [-0.4, -0.2) is 26.2 Å². The van der Waals surface area contributed by atoms with Crippen molar-refractivity contribution in [2.45, 2.75) is 25.7 Å². The monoisotopic (exact) mass is 264 g/mol. The minimum Gasteiger partial charge on any atom is -0.486 e. The molecule has 0 saturated carbocycles. The Hall–Kier alpha value is -1.75. The van der Waals surface area contributed by atoms with Gasteiger partial charge < -0.3 is 9.47 Å². The third-order valence-corrected chi connectivity index (χ3v) is 2.99. The molecule has 1 aromatic rings. The van der Waals surface area contributed by atoms with Crippen LogP contribution in [-0.2, 0) is 11.2 Å². The van der Waals surface area contributed by atoms with Crippen molar-refractivity contribution in [3.63, 3.8) is 0 Å². The van der Waals surface area contributed by atoms with Crippen molar-refractivity contribution in [1.82, 2.24) is 10.9 Å². The van der Waals surface area contributed by atoms with Crippen LogP contribution in [0.5, 0.6) is 11.5 Å². The van der Waals surface area contributed by atoms with Gasteiger partial charge in [-0.15, -0.1) is 0 Å². The Bertz CT molecular complexity index is 435. The predicted octanol–water partition coefficient (Wildman–Crippen LogP) is 1.42. The molecule has 0 aromatic heterocycles. The number of aryl methyl sites for hydroxylation is 1. The quantitative estimate of drug-likeness (QED) is 0.602. The summed E-state index contributed by atoms with van der Waals surface area (Å²) < 4.78 is 11.0. The van der Waals surface area contributed by atoms with Crippen LogP contribution in [0.15, 0.2) is 18.2 Å². The summed E-state index contributed by atoms with van der Waals surface area (Å²) in [6.45, 7) is 1.23. The second-order valence-corrected chi connectivity index (χ2v) is 4.48. The van der Waals surface area contributed by atoms with E-state index in [9.17, 15) is 4.79 Å². The summed E-state index contributed by atoms with van der Waals surface area (Å²) in [6, 6.07) is 6.04. The van der Waals surface area contributed by atoms with Crippen molar-refractivity contribution in [1.29, 1.82) is 0 Å². The lowest BCUT2D eigenvalue weighted by Crippen LogP contribution is -2.33. The van der Waals surface area contributed by atoms with Crippen molar-refractivity contribution in [3.05, 3.63) is 23.8 Å². The van der Waals surface area contributed by atoms with Crippen molar-refractivity contribution < 1.29 is 14.3 Å². The number of benzene rings is 1. The summed E-state index contributed by atoms with van der Waals surface area (Å²) in [5, 5.41) is 0. The number of unbranched alkanes of at least 4 members (excludes halogenated alkanes) is 1. The van der Waals surface area contributed by atoms with Crippen LogP contribution in [0.4, 0.5) is 0 Å². The molecule has 19 heavy (non-hydrogen) atoms. The maximum atomic E-state index is 11.2. The van der Waals surface area contributed by atoms with Crippen LogP contribution in [0.1, 0.15) is 24.8 Å². The summed E-state index contributed by atoms with van der Waals surface area (Å²) in [7, 11) is 1.69. The van der Waals surface area contributed by atoms with Gasteiger partial charge in [0, 0.05) is 13.5 Å². The largest absolute Gasteiger partial charge is 0.486 e. The van der Waals surface area contributed by atoms with E-state index in [0.29, 0.717) is 19.6 Å². The molecule has 1 aromatic carbocycles. The Balaban J connectivity index is 1.75. The van der Waals surface area contributed by atoms with Crippen molar-refractivity contribution >= 4 is 5.91 Å². The van der Waals surface area contributed by atoms with Gasteiger partial charge in [0.2, 0.25) is 5.91 Å². The van der Waals surface area contributed by atoms with Crippen molar-refractivity contribution in [2.24, 2.45) is 0 Å². The van der Waals surface area contributed by atoms with E-state index in [1.54, 1.807) is 7.05 Å². The van der Waals surface area contributed by atoms with Gasteiger partial charge in [0.25, 0.3) is 0 Å². The van der Waals surface area contributed by atoms with Crippen LogP contribution in [0, 0.1) is 0 Å². The van der Waals surface area contributed by atoms with Gasteiger partial charge in [-0.05, 0) is 37.0 Å². The van der Waals surface area contributed by atoms with E-state index >= 15 is 0 Å². The van der Waals surface area contributed by atoms with Crippen LogP contribution in [0.2, 0.25) is 0 Å². The molecule has 1 aliphatic heterocycles. The zero-order valence-electron chi connectivity index (χ0n) is 11.2. The third-order valence-electron chi connectivity index (χ3n) is 2.99. The van der Waals surface area contributed by atoms with E-state index in [0.717, 1.165) is 30.8 Å². The van der Waals surface area contributed by atoms with Gasteiger partial charge in [-0.1, -0.05) is 6.07 Å². The fourth-order valence-electron chi connectivity index (χ4n) is 2.06. The smallest absolute Gasteiger partial charge is 0.234 e. The first-order valence-corrected chi connectivity index (χ1v) is 6.63. The van der Waals surface area contributed by atoms with Crippen molar-refractivity contribution in [2.75, 3.05) is 20.3 Å². The number of hydrogen-bond acceptors (Lipinski definition) is 4. The number of carbonyl (C=O) groups excluding carboxylic acids is 1. The van der Waals surface area contributed by atoms with Crippen LogP contribution >= 0.6 is 0 Å². The van der Waals surface area contributed by atoms with E-state index in [-0.39, 0.29) is 5.91 Å². The Morgan fingerprint density at radius 1 is 1.21 bits per heavy atom. The van der Waals surface area contributed by atoms with Gasteiger partial charge in [-0.2, -0.15) is 0 Å². The summed E-state index contributed by atoms with van der Waals surface area (Å²) in [6.07, 6.45) is 3.35. The van der Waals surface area contributed by atoms with E-state index in [2.05, 4.69) is 16.9 Å². The van der Waals surface area contributed by atoms with Gasteiger partial charge in [0.1, 0.15) is 13.2 Å². The summed E-state index contributed by atoms with van der Waals surface area (Å²) in [4.78, 5) is 11.2. The normalized spacial score (nSPS) is 13.1. The Kier molecular flexibility index (Phi) is 5.03. The molecule has 0 aliphatic carbocycles. The standard InChI is InChI=1S/C14H20N2O3/c1-15-16-14(17)5-3-2-4-11-6-7-12-13(10-11)19-9-8-18-12/h6-7,10,15H,2-5,8-9H2,1H3,(H,16,17). The highest BCUT2D eigenvalue weighted by molar-refractivity contribution is 5.75. The number of rotatable bonds is 6. The highest BCUT2D eigenvalue weighted by Gasteiger charge is 2.11. The Morgan fingerprint density at radius 3 is 2.79 bits per heavy atom. The third kappa shape index (κ3) is 4.13. The average Bonchev–Trinajstić information content (AvgIpc) is 2.44. The molecule has 0 bridgehead atoms. The first-order chi connectivity index (χ1) is 9.29. The van der Waals surface area contributed by atoms with Gasteiger partial charge in [-0.25, -0.2) is 5.43 Å². The highest BCUT2D eigenvalue weighted by Crippen LogP contribution is 2.31. The number of amides is 1. The van der Waals surface area contributed by atoms with Gasteiger partial charge in [0.15, 0.2) is 11.5 Å². The number of ether oxygens (including phenoxy) is 2. The van der Waals surface area contributed by atoms with Crippen molar-refractivity contribution in [3.8, 4) is 11.5 Å². The number of nitrogens with one attached hydrogen (secondary N) is 2. The van der Waals surface area contributed by atoms with Gasteiger partial charge in [0.05, 0.1) is 0 Å². The fourth-order valence-corrected chi connectivity index (χ4v) is 2.06. The SMILES string of the molecule is CNNC(=O)CCCCc1ccc2c(c1)OCCO2. The summed E-state index contributed by atoms with van der Waals surface area (Å²) in [5.41, 5.74) is 6.41. The van der Waals surface area contributed by atoms with Gasteiger partial charge >= 0.3 is 0 Å². The summed E-state index contributed by atoms with van der Waals surface area (Å²) in [5.74, 6) is 1.68. The van der Waals surface area contributed by atoms with Gasteiger partial charge in [-0.3, -0.25) is 10.2 Å². The molecule has 5 nitrogen and oxygen atoms in total. The molecule has 0 saturated heterocycles. The molecular formula is C14H20N2O3. The summed E-state index contributed by atoms with van der Waals surface area (Å²) >= 11 is 0. The minimum absolute atomic E-state index is 0.0321. The first kappa shape index (κ1) is 13.7. The topological polar surface area (TPSA) is 59.6 Å². The molecule has 1 aliphatic rings. The minimum atomic E-state index is 0.0321. The highest BCUT2D eigenvalue weighted by atomic mass is 16.6. The van der Waals surface area contributed by atoms with Crippen LogP contribution in [0.25, 0.3) is 0 Å². The zero-order chi connectivity index (χ0) is 13.5. The molecule has 1 heterocycles. The molecule has 0 spiro atoms.